The molecule has 1 rings (SSSR count). The monoisotopic (exact) mass is 250 g/mol. The third kappa shape index (κ3) is 5.16. The smallest absolute Gasteiger partial charge is 0.0206 e. The largest absolute Gasteiger partial charge is 0.0999 e. The molecule has 0 aromatic heterocycles. The first-order valence-corrected chi connectivity index (χ1v) is 8.20. The van der Waals surface area contributed by atoms with Gasteiger partial charge in [0.05, 0.1) is 0 Å². The van der Waals surface area contributed by atoms with E-state index in [1.54, 1.807) is 0 Å². The first kappa shape index (κ1) is 15.8. The summed E-state index contributed by atoms with van der Waals surface area (Å²) >= 11 is 0. The van der Waals surface area contributed by atoms with Gasteiger partial charge in [0, 0.05) is 0 Å². The third-order valence-corrected chi connectivity index (χ3v) is 4.81. The Kier molecular flexibility index (Phi) is 7.04. The van der Waals surface area contributed by atoms with Crippen molar-refractivity contribution in [2.45, 2.75) is 79.1 Å². The molecule has 0 nitrogen and oxygen atoms in total. The van der Waals surface area contributed by atoms with Crippen LogP contribution in [0.1, 0.15) is 79.1 Å². The lowest BCUT2D eigenvalue weighted by molar-refractivity contribution is 0.306. The predicted octanol–water partition coefficient (Wildman–Crippen LogP) is 6.22. The predicted molar refractivity (Wildman–Crippen MR) is 82.7 cm³/mol. The van der Waals surface area contributed by atoms with Crippen LogP contribution in [0.2, 0.25) is 0 Å². The molecular formula is C18H34. The Morgan fingerprint density at radius 2 is 1.78 bits per heavy atom. The molecule has 0 aliphatic heterocycles. The van der Waals surface area contributed by atoms with Crippen molar-refractivity contribution < 1.29 is 0 Å². The SMILES string of the molecule is C=C(C)C(CC[C@@H]1CCCC1CCC)CC(C)C. The van der Waals surface area contributed by atoms with Crippen molar-refractivity contribution in [3.05, 3.63) is 12.2 Å². The van der Waals surface area contributed by atoms with Crippen molar-refractivity contribution in [3.63, 3.8) is 0 Å². The van der Waals surface area contributed by atoms with E-state index in [1.807, 2.05) is 0 Å². The molecule has 1 aliphatic rings. The van der Waals surface area contributed by atoms with Crippen LogP contribution in [-0.2, 0) is 0 Å². The van der Waals surface area contributed by atoms with E-state index in [0.29, 0.717) is 0 Å². The van der Waals surface area contributed by atoms with Crippen molar-refractivity contribution >= 4 is 0 Å². The minimum atomic E-state index is 0.771. The highest BCUT2D eigenvalue weighted by atomic mass is 14.3. The van der Waals surface area contributed by atoms with Gasteiger partial charge in [0.2, 0.25) is 0 Å². The Balaban J connectivity index is 2.38. The minimum absolute atomic E-state index is 0.771. The fourth-order valence-corrected chi connectivity index (χ4v) is 3.79. The summed E-state index contributed by atoms with van der Waals surface area (Å²) in [6.45, 7) is 13.5. The molecule has 2 unspecified atom stereocenters. The van der Waals surface area contributed by atoms with Crippen LogP contribution in [0.3, 0.4) is 0 Å². The van der Waals surface area contributed by atoms with Crippen LogP contribution in [0.15, 0.2) is 12.2 Å². The van der Waals surface area contributed by atoms with Crippen LogP contribution in [-0.4, -0.2) is 0 Å². The van der Waals surface area contributed by atoms with E-state index in [-0.39, 0.29) is 0 Å². The van der Waals surface area contributed by atoms with Crippen LogP contribution in [0.5, 0.6) is 0 Å². The molecule has 0 heteroatoms. The highest BCUT2D eigenvalue weighted by molar-refractivity contribution is 4.96. The van der Waals surface area contributed by atoms with Gasteiger partial charge in [-0.2, -0.15) is 0 Å². The molecular weight excluding hydrogens is 216 g/mol. The molecule has 0 heterocycles. The number of hydrogen-bond acceptors (Lipinski definition) is 0. The minimum Gasteiger partial charge on any atom is -0.0999 e. The van der Waals surface area contributed by atoms with Crippen LogP contribution in [0.4, 0.5) is 0 Å². The lowest BCUT2D eigenvalue weighted by Crippen LogP contribution is -2.12. The Bertz CT molecular complexity index is 238. The van der Waals surface area contributed by atoms with E-state index < -0.39 is 0 Å². The van der Waals surface area contributed by atoms with Gasteiger partial charge in [-0.15, -0.1) is 0 Å². The zero-order valence-electron chi connectivity index (χ0n) is 13.2. The number of hydrogen-bond donors (Lipinski definition) is 0. The molecule has 0 aromatic rings. The third-order valence-electron chi connectivity index (χ3n) is 4.81. The van der Waals surface area contributed by atoms with Gasteiger partial charge in [-0.1, -0.05) is 65.0 Å². The van der Waals surface area contributed by atoms with Gasteiger partial charge < -0.3 is 0 Å². The average Bonchev–Trinajstić information content (AvgIpc) is 2.71. The van der Waals surface area contributed by atoms with Crippen LogP contribution in [0.25, 0.3) is 0 Å². The van der Waals surface area contributed by atoms with Crippen LogP contribution < -0.4 is 0 Å². The molecule has 1 aliphatic carbocycles. The highest BCUT2D eigenvalue weighted by Gasteiger charge is 2.27. The van der Waals surface area contributed by atoms with E-state index >= 15 is 0 Å². The fraction of sp³-hybridized carbons (Fsp3) is 0.889. The summed E-state index contributed by atoms with van der Waals surface area (Å²) in [5, 5.41) is 0. The number of rotatable bonds is 8. The standard InChI is InChI=1S/C18H34/c1-6-8-16-9-7-10-17(16)11-12-18(15(4)5)13-14(2)3/h14,16-18H,4,6-13H2,1-3,5H3/t16?,17-,18?/m0/s1. The van der Waals surface area contributed by atoms with Crippen molar-refractivity contribution in [3.8, 4) is 0 Å². The lowest BCUT2D eigenvalue weighted by atomic mass is 9.82. The summed E-state index contributed by atoms with van der Waals surface area (Å²) in [6.07, 6.45) is 11.5. The van der Waals surface area contributed by atoms with E-state index in [4.69, 9.17) is 0 Å². The molecule has 0 spiro atoms. The van der Waals surface area contributed by atoms with Crippen molar-refractivity contribution in [1.29, 1.82) is 0 Å². The molecule has 18 heavy (non-hydrogen) atoms. The maximum absolute atomic E-state index is 4.21. The molecule has 0 aromatic carbocycles. The molecule has 0 radical (unpaired) electrons. The summed E-state index contributed by atoms with van der Waals surface area (Å²) in [4.78, 5) is 0. The van der Waals surface area contributed by atoms with Gasteiger partial charge in [0.15, 0.2) is 0 Å². The topological polar surface area (TPSA) is 0 Å². The van der Waals surface area contributed by atoms with Crippen molar-refractivity contribution in [1.82, 2.24) is 0 Å². The lowest BCUT2D eigenvalue weighted by Gasteiger charge is -2.24. The highest BCUT2D eigenvalue weighted by Crippen LogP contribution is 2.39. The molecule has 0 amide bonds. The summed E-state index contributed by atoms with van der Waals surface area (Å²) in [5.74, 6) is 3.65. The van der Waals surface area contributed by atoms with Gasteiger partial charge in [-0.05, 0) is 49.9 Å². The Morgan fingerprint density at radius 1 is 1.17 bits per heavy atom. The maximum Gasteiger partial charge on any atom is -0.0206 e. The first-order chi connectivity index (χ1) is 8.54. The molecule has 0 bridgehead atoms. The molecule has 0 saturated heterocycles. The average molecular weight is 250 g/mol. The summed E-state index contributed by atoms with van der Waals surface area (Å²) in [7, 11) is 0. The van der Waals surface area contributed by atoms with E-state index in [9.17, 15) is 0 Å². The van der Waals surface area contributed by atoms with Crippen molar-refractivity contribution in [2.75, 3.05) is 0 Å². The van der Waals surface area contributed by atoms with Gasteiger partial charge in [-0.25, -0.2) is 0 Å². The molecule has 3 atom stereocenters. The Labute approximate surface area is 115 Å². The summed E-state index contributed by atoms with van der Waals surface area (Å²) < 4.78 is 0. The molecule has 1 fully saturated rings. The molecule has 0 N–H and O–H groups in total. The fourth-order valence-electron chi connectivity index (χ4n) is 3.79. The van der Waals surface area contributed by atoms with E-state index in [0.717, 1.165) is 23.7 Å². The van der Waals surface area contributed by atoms with E-state index in [2.05, 4.69) is 34.3 Å². The van der Waals surface area contributed by atoms with Crippen LogP contribution in [0, 0.1) is 23.7 Å². The molecule has 106 valence electrons. The summed E-state index contributed by atoms with van der Waals surface area (Å²) in [6, 6.07) is 0. The maximum atomic E-state index is 4.21. The normalized spacial score (nSPS) is 25.6. The second-order valence-corrected chi connectivity index (χ2v) is 6.99. The summed E-state index contributed by atoms with van der Waals surface area (Å²) in [5.41, 5.74) is 1.41. The van der Waals surface area contributed by atoms with Gasteiger partial charge in [0.25, 0.3) is 0 Å². The molecule has 1 saturated carbocycles. The van der Waals surface area contributed by atoms with Gasteiger partial charge in [0.1, 0.15) is 0 Å². The zero-order chi connectivity index (χ0) is 13.5. The van der Waals surface area contributed by atoms with Gasteiger partial charge in [-0.3, -0.25) is 0 Å². The van der Waals surface area contributed by atoms with Gasteiger partial charge >= 0.3 is 0 Å². The zero-order valence-corrected chi connectivity index (χ0v) is 13.2. The Morgan fingerprint density at radius 3 is 2.28 bits per heavy atom. The number of allylic oxidation sites excluding steroid dienone is 1. The second kappa shape index (κ2) is 8.02. The van der Waals surface area contributed by atoms with E-state index in [1.165, 1.54) is 56.9 Å². The quantitative estimate of drug-likeness (QED) is 0.448. The Hall–Kier alpha value is -0.260. The first-order valence-electron chi connectivity index (χ1n) is 8.20. The van der Waals surface area contributed by atoms with Crippen LogP contribution >= 0.6 is 0 Å². The second-order valence-electron chi connectivity index (χ2n) is 6.99. The van der Waals surface area contributed by atoms with Crippen molar-refractivity contribution in [2.24, 2.45) is 23.7 Å².